The molecule has 110 valence electrons. The van der Waals surface area contributed by atoms with Crippen LogP contribution in [0.2, 0.25) is 0 Å². The molecule has 0 bridgehead atoms. The molecule has 4 heteroatoms. The molecule has 1 saturated heterocycles. The van der Waals surface area contributed by atoms with E-state index in [4.69, 9.17) is 4.74 Å². The predicted octanol–water partition coefficient (Wildman–Crippen LogP) is 2.55. The van der Waals surface area contributed by atoms with E-state index < -0.39 is 5.60 Å². The van der Waals surface area contributed by atoms with Gasteiger partial charge in [-0.15, -0.1) is 0 Å². The number of carbonyl (C=O) groups excluding carboxylic acids is 2. The lowest BCUT2D eigenvalue weighted by molar-refractivity contribution is -0.139. The molecule has 1 amide bonds. The Labute approximate surface area is 116 Å². The van der Waals surface area contributed by atoms with Gasteiger partial charge in [0.05, 0.1) is 12.0 Å². The van der Waals surface area contributed by atoms with Crippen LogP contribution in [0.5, 0.6) is 0 Å². The molecule has 0 spiro atoms. The maximum atomic E-state index is 12.5. The Morgan fingerprint density at radius 2 is 1.95 bits per heavy atom. The fourth-order valence-corrected chi connectivity index (χ4v) is 2.59. The lowest BCUT2D eigenvalue weighted by Crippen LogP contribution is -2.44. The van der Waals surface area contributed by atoms with Crippen LogP contribution >= 0.6 is 0 Å². The van der Waals surface area contributed by atoms with Crippen LogP contribution < -0.4 is 0 Å². The van der Waals surface area contributed by atoms with E-state index in [-0.39, 0.29) is 17.7 Å². The van der Waals surface area contributed by atoms with Gasteiger partial charge in [-0.1, -0.05) is 12.8 Å². The molecule has 0 aromatic carbocycles. The topological polar surface area (TPSA) is 46.6 Å². The molecule has 0 aromatic rings. The van der Waals surface area contributed by atoms with Crippen molar-refractivity contribution in [3.8, 4) is 0 Å². The van der Waals surface area contributed by atoms with Gasteiger partial charge in [0.15, 0.2) is 0 Å². The summed E-state index contributed by atoms with van der Waals surface area (Å²) in [4.78, 5) is 25.7. The van der Waals surface area contributed by atoms with Crippen molar-refractivity contribution in [2.75, 3.05) is 13.7 Å². The van der Waals surface area contributed by atoms with Crippen molar-refractivity contribution < 1.29 is 14.3 Å². The number of ether oxygens (including phenoxy) is 1. The van der Waals surface area contributed by atoms with Crippen molar-refractivity contribution in [2.45, 2.75) is 70.9 Å². The van der Waals surface area contributed by atoms with E-state index in [0.717, 1.165) is 32.2 Å². The lowest BCUT2D eigenvalue weighted by Gasteiger charge is -2.32. The molecular formula is C15H27NO3. The highest BCUT2D eigenvalue weighted by Crippen LogP contribution is 2.23. The Morgan fingerprint density at radius 1 is 1.26 bits per heavy atom. The van der Waals surface area contributed by atoms with Crippen molar-refractivity contribution in [1.82, 2.24) is 4.90 Å². The second-order valence-corrected chi connectivity index (χ2v) is 6.14. The monoisotopic (exact) mass is 269 g/mol. The number of hydrogen-bond donors (Lipinski definition) is 0. The molecule has 1 aliphatic rings. The highest BCUT2D eigenvalue weighted by atomic mass is 16.5. The first kappa shape index (κ1) is 16.2. The zero-order chi connectivity index (χ0) is 14.5. The molecule has 1 rings (SSSR count). The SMILES string of the molecule is COC(C)(C)CC(=O)N1CCCCCC1CC(C)=O. The minimum absolute atomic E-state index is 0.0835. The molecule has 1 aliphatic heterocycles. The number of methoxy groups -OCH3 is 1. The molecule has 1 unspecified atom stereocenters. The number of likely N-dealkylation sites (tertiary alicyclic amines) is 1. The lowest BCUT2D eigenvalue weighted by atomic mass is 10.0. The first-order chi connectivity index (χ1) is 8.85. The maximum Gasteiger partial charge on any atom is 0.225 e. The molecule has 19 heavy (non-hydrogen) atoms. The van der Waals surface area contributed by atoms with E-state index >= 15 is 0 Å². The summed E-state index contributed by atoms with van der Waals surface area (Å²) in [7, 11) is 1.63. The summed E-state index contributed by atoms with van der Waals surface area (Å²) >= 11 is 0. The molecule has 1 atom stereocenters. The largest absolute Gasteiger partial charge is 0.378 e. The van der Waals surface area contributed by atoms with E-state index in [2.05, 4.69) is 0 Å². The van der Waals surface area contributed by atoms with Crippen LogP contribution in [-0.4, -0.2) is 41.9 Å². The minimum Gasteiger partial charge on any atom is -0.378 e. The number of hydrogen-bond acceptors (Lipinski definition) is 3. The number of nitrogens with zero attached hydrogens (tertiary/aromatic N) is 1. The molecule has 0 radical (unpaired) electrons. The van der Waals surface area contributed by atoms with Gasteiger partial charge in [0.25, 0.3) is 0 Å². The molecule has 4 nitrogen and oxygen atoms in total. The van der Waals surface area contributed by atoms with Crippen molar-refractivity contribution >= 4 is 11.7 Å². The predicted molar refractivity (Wildman–Crippen MR) is 75.0 cm³/mol. The van der Waals surface area contributed by atoms with Gasteiger partial charge >= 0.3 is 0 Å². The van der Waals surface area contributed by atoms with Crippen LogP contribution in [0.4, 0.5) is 0 Å². The first-order valence-electron chi connectivity index (χ1n) is 7.20. The average molecular weight is 269 g/mol. The van der Waals surface area contributed by atoms with Crippen LogP contribution in [0.25, 0.3) is 0 Å². The Morgan fingerprint density at radius 3 is 2.53 bits per heavy atom. The van der Waals surface area contributed by atoms with Gasteiger partial charge in [-0.05, 0) is 33.6 Å². The van der Waals surface area contributed by atoms with Crippen molar-refractivity contribution in [1.29, 1.82) is 0 Å². The number of Topliss-reactive ketones (excluding diaryl/α,β-unsaturated/α-hetero) is 1. The second-order valence-electron chi connectivity index (χ2n) is 6.14. The summed E-state index contributed by atoms with van der Waals surface area (Å²) in [6.07, 6.45) is 5.09. The summed E-state index contributed by atoms with van der Waals surface area (Å²) < 4.78 is 5.33. The van der Waals surface area contributed by atoms with E-state index in [9.17, 15) is 9.59 Å². The summed E-state index contributed by atoms with van der Waals surface area (Å²) in [5.74, 6) is 0.274. The van der Waals surface area contributed by atoms with Gasteiger partial charge in [0, 0.05) is 26.1 Å². The Balaban J connectivity index is 2.73. The van der Waals surface area contributed by atoms with E-state index in [0.29, 0.717) is 12.8 Å². The summed E-state index contributed by atoms with van der Waals surface area (Å²) in [5.41, 5.74) is -0.440. The Hall–Kier alpha value is -0.900. The zero-order valence-electron chi connectivity index (χ0n) is 12.7. The molecule has 0 N–H and O–H groups in total. The number of rotatable bonds is 5. The second kappa shape index (κ2) is 7.04. The van der Waals surface area contributed by atoms with Crippen LogP contribution in [0, 0.1) is 0 Å². The van der Waals surface area contributed by atoms with Crippen LogP contribution in [0.15, 0.2) is 0 Å². The molecule has 0 aliphatic carbocycles. The maximum absolute atomic E-state index is 12.5. The van der Waals surface area contributed by atoms with Gasteiger partial charge in [-0.25, -0.2) is 0 Å². The van der Waals surface area contributed by atoms with Crippen molar-refractivity contribution in [3.05, 3.63) is 0 Å². The third-order valence-corrected chi connectivity index (χ3v) is 3.85. The number of carbonyl (C=O) groups is 2. The van der Waals surface area contributed by atoms with Crippen LogP contribution in [-0.2, 0) is 14.3 Å². The van der Waals surface area contributed by atoms with Crippen LogP contribution in [0.3, 0.4) is 0 Å². The molecule has 0 aromatic heterocycles. The average Bonchev–Trinajstić information content (AvgIpc) is 2.53. The fourth-order valence-electron chi connectivity index (χ4n) is 2.59. The van der Waals surface area contributed by atoms with Gasteiger partial charge in [0.1, 0.15) is 5.78 Å². The van der Waals surface area contributed by atoms with Gasteiger partial charge < -0.3 is 9.64 Å². The quantitative estimate of drug-likeness (QED) is 0.770. The Kier molecular flexibility index (Phi) is 5.98. The zero-order valence-corrected chi connectivity index (χ0v) is 12.7. The first-order valence-corrected chi connectivity index (χ1v) is 7.20. The third-order valence-electron chi connectivity index (χ3n) is 3.85. The Bertz CT molecular complexity index is 325. The summed E-state index contributed by atoms with van der Waals surface area (Å²) in [6, 6.07) is 0.0835. The van der Waals surface area contributed by atoms with Crippen molar-refractivity contribution in [2.24, 2.45) is 0 Å². The highest BCUT2D eigenvalue weighted by Gasteiger charge is 2.30. The van der Waals surface area contributed by atoms with E-state index in [1.165, 1.54) is 0 Å². The van der Waals surface area contributed by atoms with Crippen LogP contribution in [0.1, 0.15) is 59.3 Å². The number of ketones is 1. The number of amides is 1. The minimum atomic E-state index is -0.440. The van der Waals surface area contributed by atoms with E-state index in [1.54, 1.807) is 14.0 Å². The molecule has 0 saturated carbocycles. The van der Waals surface area contributed by atoms with Crippen molar-refractivity contribution in [3.63, 3.8) is 0 Å². The fraction of sp³-hybridized carbons (Fsp3) is 0.867. The third kappa shape index (κ3) is 5.31. The van der Waals surface area contributed by atoms with Gasteiger partial charge in [-0.2, -0.15) is 0 Å². The van der Waals surface area contributed by atoms with Gasteiger partial charge in [0.2, 0.25) is 5.91 Å². The smallest absolute Gasteiger partial charge is 0.225 e. The van der Waals surface area contributed by atoms with Gasteiger partial charge in [-0.3, -0.25) is 9.59 Å². The molecular weight excluding hydrogens is 242 g/mol. The standard InChI is InChI=1S/C15H27NO3/c1-12(17)10-13-8-6-5-7-9-16(13)14(18)11-15(2,3)19-4/h13H,5-11H2,1-4H3. The summed E-state index contributed by atoms with van der Waals surface area (Å²) in [5, 5.41) is 0. The highest BCUT2D eigenvalue weighted by molar-refractivity contribution is 5.80. The molecule has 1 heterocycles. The van der Waals surface area contributed by atoms with E-state index in [1.807, 2.05) is 18.7 Å². The normalized spacial score (nSPS) is 21.1. The molecule has 1 fully saturated rings. The summed E-state index contributed by atoms with van der Waals surface area (Å²) in [6.45, 7) is 6.22.